The van der Waals surface area contributed by atoms with Gasteiger partial charge >= 0.3 is 0 Å². The van der Waals surface area contributed by atoms with Gasteiger partial charge in [0.1, 0.15) is 0 Å². The van der Waals surface area contributed by atoms with Crippen molar-refractivity contribution in [2.45, 2.75) is 13.8 Å². The fourth-order valence-electron chi connectivity index (χ4n) is 1.14. The lowest BCUT2D eigenvalue weighted by Gasteiger charge is -2.10. The average molecular weight is 166 g/mol. The summed E-state index contributed by atoms with van der Waals surface area (Å²) in [6.07, 6.45) is 0. The molecule has 0 aliphatic carbocycles. The maximum absolute atomic E-state index is 5.70. The molecule has 66 valence electrons. The van der Waals surface area contributed by atoms with Crippen molar-refractivity contribution in [3.8, 4) is 5.75 Å². The van der Waals surface area contributed by atoms with E-state index in [4.69, 9.17) is 16.2 Å². The maximum Gasteiger partial charge on any atom is 0.165 e. The van der Waals surface area contributed by atoms with Crippen LogP contribution in [0.4, 0.5) is 11.4 Å². The van der Waals surface area contributed by atoms with Gasteiger partial charge in [0.25, 0.3) is 0 Å². The van der Waals surface area contributed by atoms with Crippen LogP contribution in [0.15, 0.2) is 12.1 Å². The second-order valence-electron chi connectivity index (χ2n) is 2.71. The van der Waals surface area contributed by atoms with E-state index in [0.717, 1.165) is 5.56 Å². The molecule has 0 amide bonds. The van der Waals surface area contributed by atoms with E-state index in [-0.39, 0.29) is 0 Å². The van der Waals surface area contributed by atoms with E-state index < -0.39 is 0 Å². The molecule has 4 N–H and O–H groups in total. The number of hydrogen-bond donors (Lipinski definition) is 2. The Morgan fingerprint density at radius 2 is 1.75 bits per heavy atom. The lowest BCUT2D eigenvalue weighted by Crippen LogP contribution is -2.01. The van der Waals surface area contributed by atoms with E-state index in [0.29, 0.717) is 23.7 Å². The van der Waals surface area contributed by atoms with Gasteiger partial charge in [-0.1, -0.05) is 0 Å². The molecule has 0 saturated heterocycles. The summed E-state index contributed by atoms with van der Waals surface area (Å²) in [5.41, 5.74) is 13.7. The topological polar surface area (TPSA) is 61.3 Å². The number of rotatable bonds is 2. The smallest absolute Gasteiger partial charge is 0.165 e. The van der Waals surface area contributed by atoms with E-state index in [1.165, 1.54) is 0 Å². The predicted octanol–water partition coefficient (Wildman–Crippen LogP) is 1.56. The zero-order valence-electron chi connectivity index (χ0n) is 7.42. The van der Waals surface area contributed by atoms with Crippen molar-refractivity contribution in [2.75, 3.05) is 18.1 Å². The highest BCUT2D eigenvalue weighted by molar-refractivity contribution is 5.68. The highest BCUT2D eigenvalue weighted by atomic mass is 16.5. The Balaban J connectivity index is 3.10. The summed E-state index contributed by atoms with van der Waals surface area (Å²) in [7, 11) is 0. The highest BCUT2D eigenvalue weighted by Gasteiger charge is 2.04. The standard InChI is InChI=1S/C9H14N2O/c1-3-12-9-7(10)4-6(2)5-8(9)11/h4-5H,3,10-11H2,1-2H3. The molecular weight excluding hydrogens is 152 g/mol. The number of anilines is 2. The second kappa shape index (κ2) is 3.34. The Bertz CT molecular complexity index is 261. The largest absolute Gasteiger partial charge is 0.490 e. The molecule has 1 rings (SSSR count). The van der Waals surface area contributed by atoms with Gasteiger partial charge in [0.05, 0.1) is 18.0 Å². The van der Waals surface area contributed by atoms with Crippen LogP contribution in [0.3, 0.4) is 0 Å². The van der Waals surface area contributed by atoms with Crippen LogP contribution in [-0.4, -0.2) is 6.61 Å². The van der Waals surface area contributed by atoms with Crippen LogP contribution in [0.25, 0.3) is 0 Å². The van der Waals surface area contributed by atoms with Crippen LogP contribution in [-0.2, 0) is 0 Å². The Hall–Kier alpha value is -1.38. The van der Waals surface area contributed by atoms with Crippen molar-refractivity contribution in [1.29, 1.82) is 0 Å². The minimum Gasteiger partial charge on any atom is -0.490 e. The molecule has 3 heteroatoms. The highest BCUT2D eigenvalue weighted by Crippen LogP contribution is 2.29. The third kappa shape index (κ3) is 1.61. The summed E-state index contributed by atoms with van der Waals surface area (Å²) in [6.45, 7) is 4.43. The Morgan fingerprint density at radius 1 is 1.25 bits per heavy atom. The number of nitrogens with two attached hydrogens (primary N) is 2. The molecule has 0 aliphatic rings. The normalized spacial score (nSPS) is 9.83. The first-order valence-electron chi connectivity index (χ1n) is 3.93. The second-order valence-corrected chi connectivity index (χ2v) is 2.71. The molecule has 0 unspecified atom stereocenters. The molecule has 1 aromatic carbocycles. The summed E-state index contributed by atoms with van der Waals surface area (Å²) in [5, 5.41) is 0. The van der Waals surface area contributed by atoms with Crippen LogP contribution >= 0.6 is 0 Å². The number of hydrogen-bond acceptors (Lipinski definition) is 3. The molecule has 0 atom stereocenters. The zero-order valence-corrected chi connectivity index (χ0v) is 7.42. The minimum atomic E-state index is 0.581. The van der Waals surface area contributed by atoms with Gasteiger partial charge < -0.3 is 16.2 Å². The third-order valence-electron chi connectivity index (χ3n) is 1.58. The van der Waals surface area contributed by atoms with Crippen LogP contribution in [0.2, 0.25) is 0 Å². The first-order valence-corrected chi connectivity index (χ1v) is 3.93. The van der Waals surface area contributed by atoms with E-state index in [9.17, 15) is 0 Å². The number of aryl methyl sites for hydroxylation is 1. The lowest BCUT2D eigenvalue weighted by molar-refractivity contribution is 0.344. The molecule has 0 spiro atoms. The Labute approximate surface area is 72.3 Å². The Kier molecular flexibility index (Phi) is 2.43. The fourth-order valence-corrected chi connectivity index (χ4v) is 1.14. The van der Waals surface area contributed by atoms with Crippen LogP contribution in [0.1, 0.15) is 12.5 Å². The minimum absolute atomic E-state index is 0.581. The summed E-state index contributed by atoms with van der Waals surface area (Å²) >= 11 is 0. The van der Waals surface area contributed by atoms with Crippen LogP contribution in [0, 0.1) is 6.92 Å². The average Bonchev–Trinajstić information content (AvgIpc) is 1.96. The number of nitrogen functional groups attached to an aromatic ring is 2. The first kappa shape index (κ1) is 8.71. The van der Waals surface area contributed by atoms with Crippen molar-refractivity contribution >= 4 is 11.4 Å². The van der Waals surface area contributed by atoms with Gasteiger partial charge in [0.15, 0.2) is 5.75 Å². The van der Waals surface area contributed by atoms with Gasteiger partial charge in [-0.2, -0.15) is 0 Å². The SMILES string of the molecule is CCOc1c(N)cc(C)cc1N. The van der Waals surface area contributed by atoms with Crippen molar-refractivity contribution in [2.24, 2.45) is 0 Å². The summed E-state index contributed by atoms with van der Waals surface area (Å²) in [5.74, 6) is 0.600. The Morgan fingerprint density at radius 3 is 2.17 bits per heavy atom. The molecule has 0 aromatic heterocycles. The molecule has 1 aromatic rings. The van der Waals surface area contributed by atoms with Gasteiger partial charge in [0.2, 0.25) is 0 Å². The maximum atomic E-state index is 5.70. The van der Waals surface area contributed by atoms with Crippen molar-refractivity contribution in [3.05, 3.63) is 17.7 Å². The molecule has 0 radical (unpaired) electrons. The fraction of sp³-hybridized carbons (Fsp3) is 0.333. The van der Waals surface area contributed by atoms with Crippen LogP contribution < -0.4 is 16.2 Å². The quantitative estimate of drug-likeness (QED) is 0.655. The summed E-state index contributed by atoms with van der Waals surface area (Å²) in [6, 6.07) is 3.70. The molecule has 0 bridgehead atoms. The van der Waals surface area contributed by atoms with E-state index in [1.807, 2.05) is 26.0 Å². The van der Waals surface area contributed by atoms with E-state index >= 15 is 0 Å². The first-order chi connectivity index (χ1) is 5.65. The van der Waals surface area contributed by atoms with E-state index in [2.05, 4.69) is 0 Å². The molecule has 0 aliphatic heterocycles. The van der Waals surface area contributed by atoms with Gasteiger partial charge in [-0.3, -0.25) is 0 Å². The predicted molar refractivity (Wildman–Crippen MR) is 51.2 cm³/mol. The molecule has 3 nitrogen and oxygen atoms in total. The van der Waals surface area contributed by atoms with Crippen molar-refractivity contribution in [1.82, 2.24) is 0 Å². The van der Waals surface area contributed by atoms with Crippen LogP contribution in [0.5, 0.6) is 5.75 Å². The van der Waals surface area contributed by atoms with Gasteiger partial charge in [0, 0.05) is 0 Å². The molecular formula is C9H14N2O. The molecule has 0 heterocycles. The van der Waals surface area contributed by atoms with Gasteiger partial charge in [-0.15, -0.1) is 0 Å². The van der Waals surface area contributed by atoms with Gasteiger partial charge in [-0.05, 0) is 31.5 Å². The summed E-state index contributed by atoms with van der Waals surface area (Å²) < 4.78 is 5.27. The third-order valence-corrected chi connectivity index (χ3v) is 1.58. The monoisotopic (exact) mass is 166 g/mol. The summed E-state index contributed by atoms with van der Waals surface area (Å²) in [4.78, 5) is 0. The number of ether oxygens (including phenoxy) is 1. The lowest BCUT2D eigenvalue weighted by atomic mass is 10.2. The van der Waals surface area contributed by atoms with E-state index in [1.54, 1.807) is 0 Å². The zero-order chi connectivity index (χ0) is 9.14. The van der Waals surface area contributed by atoms with Crippen molar-refractivity contribution in [3.63, 3.8) is 0 Å². The van der Waals surface area contributed by atoms with Gasteiger partial charge in [-0.25, -0.2) is 0 Å². The molecule has 12 heavy (non-hydrogen) atoms. The molecule has 0 saturated carbocycles. The van der Waals surface area contributed by atoms with Crippen molar-refractivity contribution < 1.29 is 4.74 Å². The molecule has 0 fully saturated rings. The number of benzene rings is 1.